The van der Waals surface area contributed by atoms with Gasteiger partial charge < -0.3 is 15.3 Å². The predicted molar refractivity (Wildman–Crippen MR) is 101 cm³/mol. The van der Waals surface area contributed by atoms with Crippen LogP contribution >= 0.6 is 0 Å². The first-order chi connectivity index (χ1) is 12.2. The van der Waals surface area contributed by atoms with E-state index in [0.29, 0.717) is 6.42 Å². The summed E-state index contributed by atoms with van der Waals surface area (Å²) in [5.74, 6) is 0.226. The standard InChI is InChI=1S/C21H26N2O2/c1-16(22-12-11-17-7-9-18(15-24)10-8-17)19-4-2-5-20(14-19)23-13-3-6-21(23)25/h2,4-5,7-10,14,16,22,24H,3,6,11-13,15H2,1H3. The van der Waals surface area contributed by atoms with Crippen molar-refractivity contribution >= 4 is 11.6 Å². The van der Waals surface area contributed by atoms with Gasteiger partial charge in [-0.15, -0.1) is 0 Å². The molecule has 0 radical (unpaired) electrons. The molecule has 1 amide bonds. The molecule has 1 aliphatic heterocycles. The molecular weight excluding hydrogens is 312 g/mol. The summed E-state index contributed by atoms with van der Waals surface area (Å²) < 4.78 is 0. The number of aliphatic hydroxyl groups is 1. The fourth-order valence-electron chi connectivity index (χ4n) is 3.25. The first-order valence-electron chi connectivity index (χ1n) is 9.00. The minimum Gasteiger partial charge on any atom is -0.392 e. The van der Waals surface area contributed by atoms with Gasteiger partial charge in [-0.05, 0) is 55.1 Å². The zero-order chi connectivity index (χ0) is 17.6. The molecule has 4 heteroatoms. The van der Waals surface area contributed by atoms with Gasteiger partial charge in [0.1, 0.15) is 0 Å². The van der Waals surface area contributed by atoms with E-state index in [1.54, 1.807) is 0 Å². The van der Waals surface area contributed by atoms with Crippen LogP contribution in [0.15, 0.2) is 48.5 Å². The average molecular weight is 338 g/mol. The van der Waals surface area contributed by atoms with Crippen molar-refractivity contribution in [3.05, 3.63) is 65.2 Å². The zero-order valence-corrected chi connectivity index (χ0v) is 14.7. The molecule has 0 saturated carbocycles. The molecule has 1 heterocycles. The van der Waals surface area contributed by atoms with Crippen LogP contribution in [0.5, 0.6) is 0 Å². The quantitative estimate of drug-likeness (QED) is 0.815. The molecule has 0 spiro atoms. The van der Waals surface area contributed by atoms with E-state index in [4.69, 9.17) is 5.11 Å². The van der Waals surface area contributed by atoms with Gasteiger partial charge >= 0.3 is 0 Å². The van der Waals surface area contributed by atoms with Gasteiger partial charge in [0.15, 0.2) is 0 Å². The fraction of sp³-hybridized carbons (Fsp3) is 0.381. The number of anilines is 1. The Bertz CT molecular complexity index is 712. The van der Waals surface area contributed by atoms with Crippen LogP contribution in [0.2, 0.25) is 0 Å². The Balaban J connectivity index is 1.55. The van der Waals surface area contributed by atoms with Crippen LogP contribution in [0.25, 0.3) is 0 Å². The Labute approximate surface area is 149 Å². The highest BCUT2D eigenvalue weighted by Crippen LogP contribution is 2.24. The van der Waals surface area contributed by atoms with Gasteiger partial charge in [0.2, 0.25) is 5.91 Å². The lowest BCUT2D eigenvalue weighted by atomic mass is 10.1. The molecule has 0 aromatic heterocycles. The summed E-state index contributed by atoms with van der Waals surface area (Å²) in [4.78, 5) is 13.8. The lowest BCUT2D eigenvalue weighted by molar-refractivity contribution is -0.117. The van der Waals surface area contributed by atoms with Gasteiger partial charge in [0.25, 0.3) is 0 Å². The van der Waals surface area contributed by atoms with Crippen molar-refractivity contribution in [3.63, 3.8) is 0 Å². The summed E-state index contributed by atoms with van der Waals surface area (Å²) in [6.07, 6.45) is 2.55. The van der Waals surface area contributed by atoms with Crippen LogP contribution in [-0.4, -0.2) is 24.1 Å². The summed E-state index contributed by atoms with van der Waals surface area (Å²) in [5, 5.41) is 12.6. The fourth-order valence-corrected chi connectivity index (χ4v) is 3.25. The lowest BCUT2D eigenvalue weighted by Gasteiger charge is -2.19. The van der Waals surface area contributed by atoms with E-state index in [9.17, 15) is 4.79 Å². The third kappa shape index (κ3) is 4.47. The number of amides is 1. The van der Waals surface area contributed by atoms with E-state index in [0.717, 1.165) is 37.2 Å². The summed E-state index contributed by atoms with van der Waals surface area (Å²) in [6.45, 7) is 3.95. The van der Waals surface area contributed by atoms with Crippen molar-refractivity contribution in [2.45, 2.75) is 38.8 Å². The van der Waals surface area contributed by atoms with Crippen LogP contribution in [0, 0.1) is 0 Å². The molecule has 132 valence electrons. The van der Waals surface area contributed by atoms with Crippen LogP contribution in [-0.2, 0) is 17.8 Å². The number of carbonyl (C=O) groups is 1. The Hall–Kier alpha value is -2.17. The summed E-state index contributed by atoms with van der Waals surface area (Å²) in [5.41, 5.74) is 4.41. The molecule has 1 unspecified atom stereocenters. The number of nitrogens with zero attached hydrogens (tertiary/aromatic N) is 1. The van der Waals surface area contributed by atoms with Gasteiger partial charge in [-0.2, -0.15) is 0 Å². The van der Waals surface area contributed by atoms with E-state index >= 15 is 0 Å². The molecule has 25 heavy (non-hydrogen) atoms. The SMILES string of the molecule is CC(NCCc1ccc(CO)cc1)c1cccc(N2CCCC2=O)c1. The Morgan fingerprint density at radius 2 is 1.92 bits per heavy atom. The maximum atomic E-state index is 11.9. The Morgan fingerprint density at radius 1 is 1.16 bits per heavy atom. The van der Waals surface area contributed by atoms with E-state index in [1.165, 1.54) is 11.1 Å². The van der Waals surface area contributed by atoms with E-state index in [-0.39, 0.29) is 18.6 Å². The zero-order valence-electron chi connectivity index (χ0n) is 14.7. The number of benzene rings is 2. The second-order valence-electron chi connectivity index (χ2n) is 6.64. The highest BCUT2D eigenvalue weighted by Gasteiger charge is 2.22. The molecule has 1 saturated heterocycles. The first kappa shape index (κ1) is 17.6. The maximum Gasteiger partial charge on any atom is 0.227 e. The van der Waals surface area contributed by atoms with Crippen molar-refractivity contribution in [2.75, 3.05) is 18.0 Å². The minimum absolute atomic E-state index is 0.0887. The third-order valence-corrected chi connectivity index (χ3v) is 4.83. The molecule has 1 atom stereocenters. The minimum atomic E-state index is 0.0887. The van der Waals surface area contributed by atoms with E-state index < -0.39 is 0 Å². The number of nitrogens with one attached hydrogen (secondary N) is 1. The highest BCUT2D eigenvalue weighted by molar-refractivity contribution is 5.95. The van der Waals surface area contributed by atoms with E-state index in [2.05, 4.69) is 36.5 Å². The predicted octanol–water partition coefficient (Wildman–Crippen LogP) is 3.20. The van der Waals surface area contributed by atoms with Crippen molar-refractivity contribution in [1.82, 2.24) is 5.32 Å². The monoisotopic (exact) mass is 338 g/mol. The molecule has 2 N–H and O–H groups in total. The maximum absolute atomic E-state index is 11.9. The normalized spacial score (nSPS) is 15.6. The first-order valence-corrected chi connectivity index (χ1v) is 9.00. The average Bonchev–Trinajstić information content (AvgIpc) is 3.08. The number of rotatable bonds is 7. The van der Waals surface area contributed by atoms with Crippen molar-refractivity contribution in [2.24, 2.45) is 0 Å². The molecule has 4 nitrogen and oxygen atoms in total. The summed E-state index contributed by atoms with van der Waals surface area (Å²) in [6, 6.07) is 16.6. The molecule has 2 aromatic rings. The molecule has 2 aromatic carbocycles. The van der Waals surface area contributed by atoms with Gasteiger partial charge in [-0.25, -0.2) is 0 Å². The topological polar surface area (TPSA) is 52.6 Å². The molecule has 0 bridgehead atoms. The molecular formula is C21H26N2O2. The van der Waals surface area contributed by atoms with Gasteiger partial charge in [-0.3, -0.25) is 4.79 Å². The van der Waals surface area contributed by atoms with Gasteiger partial charge in [-0.1, -0.05) is 36.4 Å². The summed E-state index contributed by atoms with van der Waals surface area (Å²) in [7, 11) is 0. The van der Waals surface area contributed by atoms with Crippen molar-refractivity contribution < 1.29 is 9.90 Å². The van der Waals surface area contributed by atoms with Crippen LogP contribution in [0.3, 0.4) is 0 Å². The number of hydrogen-bond donors (Lipinski definition) is 2. The summed E-state index contributed by atoms with van der Waals surface area (Å²) >= 11 is 0. The van der Waals surface area contributed by atoms with Crippen LogP contribution in [0.4, 0.5) is 5.69 Å². The van der Waals surface area contributed by atoms with Crippen LogP contribution < -0.4 is 10.2 Å². The van der Waals surface area contributed by atoms with Gasteiger partial charge in [0, 0.05) is 24.7 Å². The highest BCUT2D eigenvalue weighted by atomic mass is 16.3. The van der Waals surface area contributed by atoms with Gasteiger partial charge in [0.05, 0.1) is 6.61 Å². The Kier molecular flexibility index (Phi) is 5.84. The molecule has 0 aliphatic carbocycles. The second-order valence-corrected chi connectivity index (χ2v) is 6.64. The second kappa shape index (κ2) is 8.28. The largest absolute Gasteiger partial charge is 0.392 e. The van der Waals surface area contributed by atoms with Crippen molar-refractivity contribution in [3.8, 4) is 0 Å². The Morgan fingerprint density at radius 3 is 2.60 bits per heavy atom. The number of hydrogen-bond acceptors (Lipinski definition) is 3. The third-order valence-electron chi connectivity index (χ3n) is 4.83. The van der Waals surface area contributed by atoms with E-state index in [1.807, 2.05) is 29.2 Å². The molecule has 3 rings (SSSR count). The number of carbonyl (C=O) groups excluding carboxylic acids is 1. The van der Waals surface area contributed by atoms with Crippen molar-refractivity contribution in [1.29, 1.82) is 0 Å². The molecule has 1 fully saturated rings. The number of aliphatic hydroxyl groups excluding tert-OH is 1. The van der Waals surface area contributed by atoms with Crippen LogP contribution in [0.1, 0.15) is 42.5 Å². The lowest BCUT2D eigenvalue weighted by Crippen LogP contribution is -2.25. The molecule has 1 aliphatic rings. The smallest absolute Gasteiger partial charge is 0.227 e.